The Balaban J connectivity index is 1.76. The minimum absolute atomic E-state index is 0.0458. The van der Waals surface area contributed by atoms with Crippen molar-refractivity contribution in [3.05, 3.63) is 95.1 Å². The van der Waals surface area contributed by atoms with Gasteiger partial charge >= 0.3 is 5.97 Å². The fourth-order valence-electron chi connectivity index (χ4n) is 2.64. The maximum atomic E-state index is 12.5. The quantitative estimate of drug-likeness (QED) is 0.624. The Bertz CT molecular complexity index is 1040. The van der Waals surface area contributed by atoms with Crippen LogP contribution in [0.1, 0.15) is 36.6 Å². The molecule has 0 radical (unpaired) electrons. The van der Waals surface area contributed by atoms with E-state index >= 15 is 0 Å². The predicted octanol–water partition coefficient (Wildman–Crippen LogP) is 4.20. The number of carboxylic acid groups (broad SMARTS) is 1. The molecule has 0 heterocycles. The van der Waals surface area contributed by atoms with E-state index < -0.39 is 11.9 Å². The zero-order valence-electron chi connectivity index (χ0n) is 15.1. The molecule has 6 heteroatoms. The van der Waals surface area contributed by atoms with Crippen LogP contribution in [0.2, 0.25) is 0 Å². The number of carbonyl (C=O) groups is 3. The molecule has 0 saturated heterocycles. The van der Waals surface area contributed by atoms with Gasteiger partial charge in [-0.15, -0.1) is 0 Å². The van der Waals surface area contributed by atoms with Gasteiger partial charge in [0.2, 0.25) is 0 Å². The lowest BCUT2D eigenvalue weighted by Crippen LogP contribution is -2.17. The van der Waals surface area contributed by atoms with Crippen molar-refractivity contribution < 1.29 is 19.5 Å². The van der Waals surface area contributed by atoms with Crippen LogP contribution in [0.3, 0.4) is 0 Å². The SMILES string of the molecule is Cc1ccc(NC(=O)c2cccc(NC(=O)c3ccccc3C(=O)O)c2)cc1. The van der Waals surface area contributed by atoms with Gasteiger partial charge in [-0.25, -0.2) is 4.79 Å². The molecule has 2 amide bonds. The summed E-state index contributed by atoms with van der Waals surface area (Å²) in [6.07, 6.45) is 0. The number of rotatable bonds is 5. The second-order valence-corrected chi connectivity index (χ2v) is 6.21. The van der Waals surface area contributed by atoms with Crippen LogP contribution < -0.4 is 10.6 Å². The summed E-state index contributed by atoms with van der Waals surface area (Å²) in [6.45, 7) is 1.96. The van der Waals surface area contributed by atoms with Crippen molar-refractivity contribution in [1.82, 2.24) is 0 Å². The molecule has 0 aliphatic rings. The summed E-state index contributed by atoms with van der Waals surface area (Å²) in [6, 6.07) is 19.8. The van der Waals surface area contributed by atoms with E-state index in [1.54, 1.807) is 30.3 Å². The highest BCUT2D eigenvalue weighted by Crippen LogP contribution is 2.16. The van der Waals surface area contributed by atoms with E-state index in [1.165, 1.54) is 18.2 Å². The molecule has 0 saturated carbocycles. The number of aromatic carboxylic acids is 1. The highest BCUT2D eigenvalue weighted by Gasteiger charge is 2.16. The summed E-state index contributed by atoms with van der Waals surface area (Å²) < 4.78 is 0. The van der Waals surface area contributed by atoms with E-state index in [4.69, 9.17) is 0 Å². The number of amides is 2. The van der Waals surface area contributed by atoms with Gasteiger partial charge in [0.15, 0.2) is 0 Å². The third-order valence-electron chi connectivity index (χ3n) is 4.09. The van der Waals surface area contributed by atoms with E-state index in [0.29, 0.717) is 16.9 Å². The predicted molar refractivity (Wildman–Crippen MR) is 107 cm³/mol. The molecular formula is C22H18N2O4. The van der Waals surface area contributed by atoms with Gasteiger partial charge in [-0.2, -0.15) is 0 Å². The topological polar surface area (TPSA) is 95.5 Å². The van der Waals surface area contributed by atoms with Gasteiger partial charge < -0.3 is 15.7 Å². The standard InChI is InChI=1S/C22H18N2O4/c1-14-9-11-16(12-10-14)23-20(25)15-5-4-6-17(13-15)24-21(26)18-7-2-3-8-19(18)22(27)28/h2-13H,1H3,(H,23,25)(H,24,26)(H,27,28). The molecule has 0 bridgehead atoms. The zero-order chi connectivity index (χ0) is 20.1. The van der Waals surface area contributed by atoms with Crippen molar-refractivity contribution >= 4 is 29.2 Å². The van der Waals surface area contributed by atoms with E-state index in [1.807, 2.05) is 31.2 Å². The molecule has 0 spiro atoms. The largest absolute Gasteiger partial charge is 0.478 e. The molecule has 140 valence electrons. The normalized spacial score (nSPS) is 10.2. The van der Waals surface area contributed by atoms with Crippen molar-refractivity contribution in [1.29, 1.82) is 0 Å². The summed E-state index contributed by atoms with van der Waals surface area (Å²) in [5.41, 5.74) is 2.47. The first-order chi connectivity index (χ1) is 13.4. The van der Waals surface area contributed by atoms with Gasteiger partial charge in [-0.3, -0.25) is 9.59 Å². The van der Waals surface area contributed by atoms with Gasteiger partial charge in [-0.05, 0) is 49.4 Å². The number of hydrogen-bond donors (Lipinski definition) is 3. The Kier molecular flexibility index (Phi) is 5.50. The molecule has 0 aromatic heterocycles. The summed E-state index contributed by atoms with van der Waals surface area (Å²) in [5, 5.41) is 14.7. The number of carboxylic acids is 1. The van der Waals surface area contributed by atoms with E-state index in [2.05, 4.69) is 10.6 Å². The van der Waals surface area contributed by atoms with Crippen molar-refractivity contribution in [2.24, 2.45) is 0 Å². The zero-order valence-corrected chi connectivity index (χ0v) is 15.1. The lowest BCUT2D eigenvalue weighted by atomic mass is 10.1. The van der Waals surface area contributed by atoms with E-state index in [-0.39, 0.29) is 17.0 Å². The molecular weight excluding hydrogens is 356 g/mol. The van der Waals surface area contributed by atoms with Crippen LogP contribution >= 0.6 is 0 Å². The molecule has 0 fully saturated rings. The van der Waals surface area contributed by atoms with Crippen LogP contribution in [-0.4, -0.2) is 22.9 Å². The summed E-state index contributed by atoms with van der Waals surface area (Å²) >= 11 is 0. The number of carbonyl (C=O) groups excluding carboxylic acids is 2. The van der Waals surface area contributed by atoms with E-state index in [0.717, 1.165) is 5.56 Å². The summed E-state index contributed by atoms with van der Waals surface area (Å²) in [5.74, 6) is -2.06. The van der Waals surface area contributed by atoms with Crippen LogP contribution in [-0.2, 0) is 0 Å². The third-order valence-corrected chi connectivity index (χ3v) is 4.09. The molecule has 3 aromatic rings. The van der Waals surface area contributed by atoms with Crippen LogP contribution in [0.5, 0.6) is 0 Å². The van der Waals surface area contributed by atoms with Gasteiger partial charge in [0, 0.05) is 16.9 Å². The second-order valence-electron chi connectivity index (χ2n) is 6.21. The number of hydrogen-bond acceptors (Lipinski definition) is 3. The second kappa shape index (κ2) is 8.18. The Morgan fingerprint density at radius 1 is 0.714 bits per heavy atom. The monoisotopic (exact) mass is 374 g/mol. The molecule has 3 aromatic carbocycles. The average Bonchev–Trinajstić information content (AvgIpc) is 2.70. The first kappa shape index (κ1) is 18.8. The number of aryl methyl sites for hydroxylation is 1. The van der Waals surface area contributed by atoms with Crippen LogP contribution in [0.25, 0.3) is 0 Å². The minimum Gasteiger partial charge on any atom is -0.478 e. The summed E-state index contributed by atoms with van der Waals surface area (Å²) in [7, 11) is 0. The van der Waals surface area contributed by atoms with Crippen LogP contribution in [0.15, 0.2) is 72.8 Å². The molecule has 3 N–H and O–H groups in total. The lowest BCUT2D eigenvalue weighted by molar-refractivity contribution is 0.0692. The van der Waals surface area contributed by atoms with Crippen molar-refractivity contribution in [2.75, 3.05) is 10.6 Å². The Morgan fingerprint density at radius 3 is 2.04 bits per heavy atom. The first-order valence-corrected chi connectivity index (χ1v) is 8.56. The Morgan fingerprint density at radius 2 is 1.36 bits per heavy atom. The van der Waals surface area contributed by atoms with Crippen molar-refractivity contribution in [3.8, 4) is 0 Å². The van der Waals surface area contributed by atoms with Crippen molar-refractivity contribution in [2.45, 2.75) is 6.92 Å². The molecule has 3 rings (SSSR count). The Hall–Kier alpha value is -3.93. The van der Waals surface area contributed by atoms with E-state index in [9.17, 15) is 19.5 Å². The lowest BCUT2D eigenvalue weighted by Gasteiger charge is -2.10. The number of benzene rings is 3. The summed E-state index contributed by atoms with van der Waals surface area (Å²) in [4.78, 5) is 36.2. The number of nitrogens with one attached hydrogen (secondary N) is 2. The highest BCUT2D eigenvalue weighted by atomic mass is 16.4. The Labute approximate surface area is 161 Å². The fourth-order valence-corrected chi connectivity index (χ4v) is 2.64. The molecule has 28 heavy (non-hydrogen) atoms. The van der Waals surface area contributed by atoms with Gasteiger partial charge in [0.25, 0.3) is 11.8 Å². The first-order valence-electron chi connectivity index (χ1n) is 8.56. The molecule has 0 aliphatic carbocycles. The molecule has 6 nitrogen and oxygen atoms in total. The fraction of sp³-hybridized carbons (Fsp3) is 0.0455. The highest BCUT2D eigenvalue weighted by molar-refractivity contribution is 6.11. The van der Waals surface area contributed by atoms with Gasteiger partial charge in [-0.1, -0.05) is 35.9 Å². The minimum atomic E-state index is -1.18. The third kappa shape index (κ3) is 4.42. The van der Waals surface area contributed by atoms with Crippen molar-refractivity contribution in [3.63, 3.8) is 0 Å². The average molecular weight is 374 g/mol. The number of anilines is 2. The van der Waals surface area contributed by atoms with Gasteiger partial charge in [0.1, 0.15) is 0 Å². The van der Waals surface area contributed by atoms with Crippen LogP contribution in [0, 0.1) is 6.92 Å². The maximum Gasteiger partial charge on any atom is 0.336 e. The maximum absolute atomic E-state index is 12.5. The molecule has 0 unspecified atom stereocenters. The molecule has 0 atom stereocenters. The van der Waals surface area contributed by atoms with Gasteiger partial charge in [0.05, 0.1) is 11.1 Å². The molecule has 0 aliphatic heterocycles. The van der Waals surface area contributed by atoms with Crippen LogP contribution in [0.4, 0.5) is 11.4 Å². The smallest absolute Gasteiger partial charge is 0.336 e.